The fourth-order valence-corrected chi connectivity index (χ4v) is 16.6. The van der Waals surface area contributed by atoms with Gasteiger partial charge in [-0.15, -0.1) is 0 Å². The van der Waals surface area contributed by atoms with Crippen LogP contribution in [-0.4, -0.2) is 39.7 Å². The largest absolute Gasteiger partial charge is 1.00 e. The van der Waals surface area contributed by atoms with E-state index >= 15 is 0 Å². The fraction of sp³-hybridized carbons (Fsp3) is 0.194. The van der Waals surface area contributed by atoms with Crippen LogP contribution in [0.4, 0.5) is 35.1 Å². The van der Waals surface area contributed by atoms with E-state index in [2.05, 4.69) is 76.0 Å². The van der Waals surface area contributed by atoms with Crippen molar-refractivity contribution in [1.82, 2.24) is 0 Å². The van der Waals surface area contributed by atoms with Gasteiger partial charge in [0.15, 0.2) is 57.8 Å². The van der Waals surface area contributed by atoms with E-state index in [1.807, 2.05) is 18.2 Å². The second-order valence-corrected chi connectivity index (χ2v) is 31.8. The first-order valence-corrected chi connectivity index (χ1v) is 36.5. The van der Waals surface area contributed by atoms with Crippen LogP contribution in [-0.2, 0) is 46.8 Å². The molecule has 16 nitrogen and oxygen atoms in total. The van der Waals surface area contributed by atoms with Crippen molar-refractivity contribution < 1.29 is 197 Å². The fourth-order valence-electron chi connectivity index (χ4n) is 7.70. The summed E-state index contributed by atoms with van der Waals surface area (Å²) in [6, 6.07) is 38.3. The summed E-state index contributed by atoms with van der Waals surface area (Å²) in [5.41, 5.74) is 13.6. The van der Waals surface area contributed by atoms with Crippen molar-refractivity contribution in [2.45, 2.75) is 83.8 Å². The first kappa shape index (κ1) is 94.3. The molecule has 0 heterocycles. The van der Waals surface area contributed by atoms with Gasteiger partial charge in [-0.05, 0) is 102 Å². The Bertz CT molecular complexity index is 3840. The number of nitrogens with two attached hydrogens (primary N) is 2. The summed E-state index contributed by atoms with van der Waals surface area (Å²) in [7, 11) is -2.21. The van der Waals surface area contributed by atoms with Crippen molar-refractivity contribution in [3.05, 3.63) is 258 Å². The first-order valence-electron chi connectivity index (χ1n) is 27.4. The van der Waals surface area contributed by atoms with E-state index in [-0.39, 0.29) is 254 Å². The quantitative estimate of drug-likeness (QED) is 0.00792. The molecule has 8 aromatic carbocycles. The number of phenols is 1. The molecule has 0 aliphatic rings. The van der Waals surface area contributed by atoms with E-state index in [9.17, 15) is 35.1 Å². The molecule has 7 N–H and O–H groups in total. The molecular weight excluding hydrogens is 1500 g/mol. The predicted molar refractivity (Wildman–Crippen MR) is 357 cm³/mol. The zero-order valence-corrected chi connectivity index (χ0v) is 65.6. The van der Waals surface area contributed by atoms with E-state index in [4.69, 9.17) is 76.8 Å². The monoisotopic (exact) mass is 1560 g/mol. The van der Waals surface area contributed by atoms with Gasteiger partial charge in [-0.3, -0.25) is 15.6 Å². The zero-order valence-electron chi connectivity index (χ0n) is 55.2. The molecular formula is C67H67Br2F8K2LiN8O8Si2. The maximum atomic E-state index is 14.8. The number of hydrogen-bond donors (Lipinski definition) is 5. The Morgan fingerprint density at radius 1 is 0.510 bits per heavy atom. The number of hydrogen-bond acceptors (Lipinski definition) is 13. The molecule has 0 amide bonds. The minimum absolute atomic E-state index is 0. The van der Waals surface area contributed by atoms with Gasteiger partial charge < -0.3 is 51.7 Å². The van der Waals surface area contributed by atoms with Crippen LogP contribution in [0.2, 0.25) is 39.3 Å². The summed E-state index contributed by atoms with van der Waals surface area (Å²) in [6.45, 7) is 12.6. The maximum Gasteiger partial charge on any atom is 1.00 e. The van der Waals surface area contributed by atoms with Gasteiger partial charge in [0.2, 0.25) is 0 Å². The molecule has 8 rings (SSSR count). The van der Waals surface area contributed by atoms with E-state index in [1.54, 1.807) is 30.3 Å². The van der Waals surface area contributed by atoms with E-state index < -0.39 is 62.9 Å². The summed E-state index contributed by atoms with van der Waals surface area (Å²) < 4.78 is 137. The summed E-state index contributed by atoms with van der Waals surface area (Å²) >= 11 is 6.43. The van der Waals surface area contributed by atoms with Gasteiger partial charge in [-0.2, -0.15) is 15.8 Å². The number of nitriles is 3. The molecule has 8 aromatic rings. The van der Waals surface area contributed by atoms with E-state index in [1.165, 1.54) is 78.9 Å². The minimum atomic E-state index is -1.11. The average Bonchev–Trinajstić information content (AvgIpc) is 0.853. The molecule has 31 heteroatoms. The van der Waals surface area contributed by atoms with Gasteiger partial charge in [0.25, 0.3) is 6.47 Å². The number of carbonyl (C=O) groups is 1. The molecule has 0 bridgehead atoms. The summed E-state index contributed by atoms with van der Waals surface area (Å²) in [5, 5.41) is 58.6. The van der Waals surface area contributed by atoms with Crippen molar-refractivity contribution in [2.75, 3.05) is 0 Å². The van der Waals surface area contributed by atoms with E-state index in [0.717, 1.165) is 36.4 Å². The molecule has 0 aliphatic carbocycles. The first-order chi connectivity index (χ1) is 44.4. The topological polar surface area (TPSA) is 292 Å². The molecule has 0 aromatic heterocycles. The van der Waals surface area contributed by atoms with Crippen LogP contribution in [0.3, 0.4) is 0 Å². The Morgan fingerprint density at radius 3 is 0.990 bits per heavy atom. The number of alkyl halides is 2. The molecule has 0 spiro atoms. The molecule has 0 fully saturated rings. The van der Waals surface area contributed by atoms with Crippen LogP contribution in [0.5, 0.6) is 28.7 Å². The number of nitrogen functional groups attached to an aromatic ring is 2. The number of amidine groups is 2. The Balaban J connectivity index is -0.00000123. The molecule has 0 saturated heterocycles. The molecule has 0 aliphatic heterocycles. The maximum absolute atomic E-state index is 14.8. The normalized spacial score (nSPS) is 9.86. The number of ether oxygens (including phenoxy) is 4. The number of rotatable bonds is 19. The van der Waals surface area contributed by atoms with Crippen LogP contribution in [0.15, 0.2) is 146 Å². The van der Waals surface area contributed by atoms with Crippen molar-refractivity contribution in [1.29, 1.82) is 26.6 Å². The van der Waals surface area contributed by atoms with Gasteiger partial charge in [0.1, 0.15) is 55.6 Å². The second-order valence-electron chi connectivity index (χ2n) is 21.1. The average molecular weight is 1570 g/mol. The number of phenolic OH excluding ortho intramolecular Hbond substituents is 1. The second kappa shape index (κ2) is 48.2. The van der Waals surface area contributed by atoms with Gasteiger partial charge in [0, 0.05) is 44.0 Å². The number of nitrogens with zero attached hydrogens (tertiary/aromatic N) is 4. The number of aromatic hydroxyl groups is 1. The summed E-state index contributed by atoms with van der Waals surface area (Å²) in [4.78, 5) is 11.2. The smallest absolute Gasteiger partial charge is 1.00 e. The van der Waals surface area contributed by atoms with Crippen LogP contribution < -0.4 is 157 Å². The predicted octanol–water partition coefficient (Wildman–Crippen LogP) is 7.08. The van der Waals surface area contributed by atoms with Crippen LogP contribution in [0, 0.1) is 91.3 Å². The van der Waals surface area contributed by atoms with E-state index in [0.29, 0.717) is 21.8 Å². The zero-order chi connectivity index (χ0) is 70.3. The third kappa shape index (κ3) is 33.6. The molecule has 98 heavy (non-hydrogen) atoms. The number of halogens is 10. The van der Waals surface area contributed by atoms with Crippen molar-refractivity contribution in [2.24, 2.45) is 11.5 Å². The van der Waals surface area contributed by atoms with Gasteiger partial charge in [-0.1, -0.05) is 150 Å². The van der Waals surface area contributed by atoms with Crippen LogP contribution in [0.1, 0.15) is 70.1 Å². The molecule has 0 atom stereocenters. The number of nitrogens with one attached hydrogen (secondary N) is 2. The summed E-state index contributed by atoms with van der Waals surface area (Å²) in [6.07, 6.45) is 0. The standard InChI is InChI=1S/C22H19F3N4O2.C22H13F3N2O2.C8H7Br2F.C7H4FNO.C6H18NSi2.CH2O3.CH4.2K.Li.H/c23-16-8-12(21(26)27)4-6-18(16)30-10-14-2-1-3-15(20(14)25)11-31-19-7-5-13(22(28)29)9-17(19)24;23-18-8-14(10-26)4-6-20(18)28-12-16-2-1-3-17(22(16)25)13-29-21-7-5-15(11-27)9-19(21)24;9-4-6-2-1-3-7(5-10)8(6)11;8-6-3-5(4-9)1-2-7(6)10;1-8(2,3)7-9(4,5)6;2-1-4-3;;;;;/h1-9H,10-11H2,(H3,26,27)(H3,28,29);1-9H,12-13H2;1-3H,4-5H2;1-3,10H;1-6H3;1,3H;1H4;;;;/q;;;;-1;;;3*+1;-1/p-1. The van der Waals surface area contributed by atoms with Crippen LogP contribution in [0.25, 0.3) is 4.65 Å². The van der Waals surface area contributed by atoms with Crippen molar-refractivity contribution in [3.63, 3.8) is 0 Å². The molecule has 0 saturated carbocycles. The van der Waals surface area contributed by atoms with Gasteiger partial charge in [0.05, 0.1) is 34.9 Å². The minimum Gasteiger partial charge on any atom is -1.00 e. The molecule has 0 unspecified atom stereocenters. The summed E-state index contributed by atoms with van der Waals surface area (Å²) in [5.74, 6) is -6.44. The third-order valence-electron chi connectivity index (χ3n) is 11.7. The number of benzene rings is 8. The Labute approximate surface area is 681 Å². The van der Waals surface area contributed by atoms with Crippen LogP contribution >= 0.6 is 31.9 Å². The third-order valence-corrected chi connectivity index (χ3v) is 18.3. The van der Waals surface area contributed by atoms with Crippen molar-refractivity contribution >= 4 is 66.5 Å². The number of carbonyl (C=O) groups excluding carboxylic acids is 1. The SMILES string of the molecule is C.C[Si](C)(C)[N-][Si](C)(C)C.Fc1c(CBr)cccc1CBr.N#Cc1ccc(O)c(F)c1.N#Cc1ccc(OCc2cccc(COc3ccc(C#N)cc3F)c2F)c(F)c1.N=C(N)c1ccc(OCc2cccc(COc3ccc(C(=N)N)cc3F)c2F)c(F)c1.O=CO[O-].[H-].[K+].[K+].[Li+]. The van der Waals surface area contributed by atoms with Crippen molar-refractivity contribution in [3.8, 4) is 47.0 Å². The Morgan fingerprint density at radius 2 is 0.765 bits per heavy atom. The Hall–Kier alpha value is -5.74. The van der Waals surface area contributed by atoms with Gasteiger partial charge >= 0.3 is 122 Å². The molecule has 0 radical (unpaired) electrons. The van der Waals surface area contributed by atoms with Gasteiger partial charge in [-0.25, -0.2) is 35.1 Å². The Kier molecular flexibility index (Phi) is 46.3. The molecule has 504 valence electrons.